The van der Waals surface area contributed by atoms with Gasteiger partial charge in [0.05, 0.1) is 17.2 Å². The molecule has 6 heteroatoms. The van der Waals surface area contributed by atoms with Gasteiger partial charge in [0.2, 0.25) is 0 Å². The Kier molecular flexibility index (Phi) is 7.58. The summed E-state index contributed by atoms with van der Waals surface area (Å²) in [5.41, 5.74) is 5.74. The number of amides is 1. The van der Waals surface area contributed by atoms with Gasteiger partial charge in [-0.1, -0.05) is 64.7 Å². The number of carbonyl (C=O) groups is 1. The molecule has 0 heterocycles. The third-order valence-corrected chi connectivity index (χ3v) is 5.58. The van der Waals surface area contributed by atoms with Gasteiger partial charge in [0.1, 0.15) is 17.4 Å². The van der Waals surface area contributed by atoms with Gasteiger partial charge in [0.15, 0.2) is 0 Å². The van der Waals surface area contributed by atoms with Gasteiger partial charge in [0, 0.05) is 12.1 Å². The minimum absolute atomic E-state index is 0.0415. The van der Waals surface area contributed by atoms with Crippen molar-refractivity contribution in [3.63, 3.8) is 0 Å². The third kappa shape index (κ3) is 5.91. The summed E-state index contributed by atoms with van der Waals surface area (Å²) in [6.45, 7) is 4.15. The highest BCUT2D eigenvalue weighted by molar-refractivity contribution is 6.42. The van der Waals surface area contributed by atoms with E-state index in [-0.39, 0.29) is 5.57 Å². The molecule has 0 aromatic heterocycles. The lowest BCUT2D eigenvalue weighted by Crippen LogP contribution is -2.13. The quantitative estimate of drug-likeness (QED) is 0.323. The number of halogens is 2. The van der Waals surface area contributed by atoms with Crippen molar-refractivity contribution in [3.8, 4) is 11.8 Å². The molecule has 0 radical (unpaired) electrons. The average molecular weight is 465 g/mol. The molecule has 0 unspecified atom stereocenters. The van der Waals surface area contributed by atoms with Gasteiger partial charge < -0.3 is 10.1 Å². The van der Waals surface area contributed by atoms with Gasteiger partial charge in [-0.3, -0.25) is 4.79 Å². The lowest BCUT2D eigenvalue weighted by Gasteiger charge is -2.11. The van der Waals surface area contributed by atoms with Crippen LogP contribution in [-0.4, -0.2) is 13.0 Å². The van der Waals surface area contributed by atoms with Crippen LogP contribution in [0.15, 0.2) is 60.2 Å². The molecule has 0 saturated carbocycles. The van der Waals surface area contributed by atoms with Crippen LogP contribution >= 0.6 is 23.2 Å². The predicted molar refractivity (Wildman–Crippen MR) is 130 cm³/mol. The first-order chi connectivity index (χ1) is 15.3. The van der Waals surface area contributed by atoms with Gasteiger partial charge in [-0.05, 0) is 60.9 Å². The first kappa shape index (κ1) is 23.4. The van der Waals surface area contributed by atoms with Crippen LogP contribution in [0.25, 0.3) is 6.08 Å². The first-order valence-corrected chi connectivity index (χ1v) is 10.7. The molecule has 0 fully saturated rings. The Morgan fingerprint density at radius 1 is 1.03 bits per heavy atom. The van der Waals surface area contributed by atoms with E-state index in [4.69, 9.17) is 27.9 Å². The molecule has 1 N–H and O–H groups in total. The monoisotopic (exact) mass is 464 g/mol. The zero-order valence-corrected chi connectivity index (χ0v) is 19.5. The maximum Gasteiger partial charge on any atom is 0.266 e. The number of methoxy groups -OCH3 is 1. The van der Waals surface area contributed by atoms with E-state index in [0.29, 0.717) is 27.0 Å². The zero-order chi connectivity index (χ0) is 23.3. The van der Waals surface area contributed by atoms with Crippen molar-refractivity contribution in [2.24, 2.45) is 0 Å². The largest absolute Gasteiger partial charge is 0.496 e. The Balaban J connectivity index is 1.83. The van der Waals surface area contributed by atoms with Crippen molar-refractivity contribution in [1.29, 1.82) is 5.26 Å². The SMILES string of the molecule is COc1cc(/C=C(\C#N)C(=O)Nc2ccc(Cl)c(Cl)c2)ccc1Cc1cc(C)cc(C)c1. The van der Waals surface area contributed by atoms with Gasteiger partial charge in [0.25, 0.3) is 5.91 Å². The maximum absolute atomic E-state index is 12.6. The van der Waals surface area contributed by atoms with Crippen LogP contribution in [0.3, 0.4) is 0 Å². The van der Waals surface area contributed by atoms with E-state index in [0.717, 1.165) is 12.0 Å². The minimum Gasteiger partial charge on any atom is -0.496 e. The summed E-state index contributed by atoms with van der Waals surface area (Å²) in [5, 5.41) is 12.9. The fourth-order valence-electron chi connectivity index (χ4n) is 3.48. The number of hydrogen-bond acceptors (Lipinski definition) is 3. The standard InChI is InChI=1S/C26H22Cl2N2O2/c1-16-8-17(2)10-19(9-16)12-20-5-4-18(13-25(20)32-3)11-21(15-29)26(31)30-22-6-7-23(27)24(28)14-22/h4-11,13-14H,12H2,1-3H3,(H,30,31)/b21-11+. The molecule has 3 aromatic carbocycles. The number of rotatable bonds is 6. The molecule has 32 heavy (non-hydrogen) atoms. The van der Waals surface area contributed by atoms with E-state index in [1.165, 1.54) is 28.8 Å². The summed E-state index contributed by atoms with van der Waals surface area (Å²) in [4.78, 5) is 12.6. The van der Waals surface area contributed by atoms with Crippen LogP contribution < -0.4 is 10.1 Å². The second kappa shape index (κ2) is 10.4. The van der Waals surface area contributed by atoms with Crippen molar-refractivity contribution in [2.75, 3.05) is 12.4 Å². The molecule has 0 aliphatic carbocycles. The summed E-state index contributed by atoms with van der Waals surface area (Å²) in [5.74, 6) is 0.157. The Morgan fingerprint density at radius 3 is 2.38 bits per heavy atom. The zero-order valence-electron chi connectivity index (χ0n) is 18.0. The van der Waals surface area contributed by atoms with Crippen LogP contribution in [0.5, 0.6) is 5.75 Å². The van der Waals surface area contributed by atoms with E-state index < -0.39 is 5.91 Å². The van der Waals surface area contributed by atoms with Gasteiger partial charge >= 0.3 is 0 Å². The summed E-state index contributed by atoms with van der Waals surface area (Å²) in [6.07, 6.45) is 2.24. The van der Waals surface area contributed by atoms with Gasteiger partial charge in [-0.2, -0.15) is 5.26 Å². The summed E-state index contributed by atoms with van der Waals surface area (Å²) in [7, 11) is 1.61. The molecular formula is C26H22Cl2N2O2. The number of nitrogens with zero attached hydrogens (tertiary/aromatic N) is 1. The molecule has 0 aliphatic heterocycles. The number of hydrogen-bond donors (Lipinski definition) is 1. The molecule has 3 rings (SSSR count). The second-order valence-electron chi connectivity index (χ2n) is 7.50. The molecular weight excluding hydrogens is 443 g/mol. The third-order valence-electron chi connectivity index (χ3n) is 4.84. The van der Waals surface area contributed by atoms with Crippen molar-refractivity contribution < 1.29 is 9.53 Å². The average Bonchev–Trinajstić information content (AvgIpc) is 2.74. The van der Waals surface area contributed by atoms with E-state index in [1.807, 2.05) is 24.3 Å². The van der Waals surface area contributed by atoms with E-state index in [9.17, 15) is 10.1 Å². The number of nitriles is 1. The molecule has 0 saturated heterocycles. The van der Waals surface area contributed by atoms with E-state index in [1.54, 1.807) is 19.2 Å². The van der Waals surface area contributed by atoms with Crippen LogP contribution in [0.1, 0.15) is 27.8 Å². The van der Waals surface area contributed by atoms with Crippen molar-refractivity contribution in [3.05, 3.63) is 98.0 Å². The molecule has 0 spiro atoms. The van der Waals surface area contributed by atoms with Crippen LogP contribution in [0.2, 0.25) is 10.0 Å². The molecule has 162 valence electrons. The molecule has 0 aliphatic rings. The molecule has 0 atom stereocenters. The van der Waals surface area contributed by atoms with E-state index in [2.05, 4.69) is 37.4 Å². The van der Waals surface area contributed by atoms with Crippen LogP contribution in [0, 0.1) is 25.2 Å². The Morgan fingerprint density at radius 2 is 1.75 bits per heavy atom. The fraction of sp³-hybridized carbons (Fsp3) is 0.154. The number of benzene rings is 3. The van der Waals surface area contributed by atoms with Crippen molar-refractivity contribution in [2.45, 2.75) is 20.3 Å². The summed E-state index contributed by atoms with van der Waals surface area (Å²) in [6, 6.07) is 18.8. The number of ether oxygens (including phenoxy) is 1. The topological polar surface area (TPSA) is 62.1 Å². The Hall–Kier alpha value is -3.26. The molecule has 3 aromatic rings. The van der Waals surface area contributed by atoms with Crippen molar-refractivity contribution >= 4 is 40.9 Å². The molecule has 0 bridgehead atoms. The predicted octanol–water partition coefficient (Wildman–Crippen LogP) is 6.76. The minimum atomic E-state index is -0.538. The number of anilines is 1. The van der Waals surface area contributed by atoms with Crippen molar-refractivity contribution in [1.82, 2.24) is 0 Å². The van der Waals surface area contributed by atoms with Crippen LogP contribution in [-0.2, 0) is 11.2 Å². The number of nitrogens with one attached hydrogen (secondary N) is 1. The molecule has 4 nitrogen and oxygen atoms in total. The summed E-state index contributed by atoms with van der Waals surface area (Å²) >= 11 is 11.9. The lowest BCUT2D eigenvalue weighted by molar-refractivity contribution is -0.112. The highest BCUT2D eigenvalue weighted by Crippen LogP contribution is 2.27. The summed E-state index contributed by atoms with van der Waals surface area (Å²) < 4.78 is 5.57. The number of carbonyl (C=O) groups excluding carboxylic acids is 1. The highest BCUT2D eigenvalue weighted by atomic mass is 35.5. The number of aryl methyl sites for hydroxylation is 2. The maximum atomic E-state index is 12.6. The second-order valence-corrected chi connectivity index (χ2v) is 8.31. The fourth-order valence-corrected chi connectivity index (χ4v) is 3.77. The highest BCUT2D eigenvalue weighted by Gasteiger charge is 2.12. The first-order valence-electron chi connectivity index (χ1n) is 9.91. The lowest BCUT2D eigenvalue weighted by atomic mass is 9.98. The Labute approximate surface area is 198 Å². The smallest absolute Gasteiger partial charge is 0.266 e. The normalized spacial score (nSPS) is 11.1. The van der Waals surface area contributed by atoms with Gasteiger partial charge in [-0.15, -0.1) is 0 Å². The Bertz CT molecular complexity index is 1220. The van der Waals surface area contributed by atoms with E-state index >= 15 is 0 Å². The molecule has 1 amide bonds. The van der Waals surface area contributed by atoms with Crippen LogP contribution in [0.4, 0.5) is 5.69 Å². The van der Waals surface area contributed by atoms with Gasteiger partial charge in [-0.25, -0.2) is 0 Å².